The fourth-order valence-electron chi connectivity index (χ4n) is 3.71. The average Bonchev–Trinajstić information content (AvgIpc) is 2.58. The summed E-state index contributed by atoms with van der Waals surface area (Å²) in [6.07, 6.45) is 0.757. The first-order valence-electron chi connectivity index (χ1n) is 8.48. The zero-order valence-electron chi connectivity index (χ0n) is 15.7. The molecule has 0 radical (unpaired) electrons. The maximum Gasteiger partial charge on any atom is 0.317 e. The van der Waals surface area contributed by atoms with E-state index in [1.54, 1.807) is 18.2 Å². The van der Waals surface area contributed by atoms with Crippen LogP contribution >= 0.6 is 0 Å². The number of allylic oxidation sites excluding steroid dienone is 2. The van der Waals surface area contributed by atoms with Crippen molar-refractivity contribution in [2.24, 2.45) is 11.1 Å². The molecule has 8 heteroatoms. The molecular formula is C19H22N2O6. The topological polar surface area (TPSA) is 114 Å². The molecule has 0 saturated heterocycles. The molecule has 1 heterocycles. The summed E-state index contributed by atoms with van der Waals surface area (Å²) in [5.74, 6) is -0.0880. The summed E-state index contributed by atoms with van der Waals surface area (Å²) in [6, 6.07) is 4.95. The van der Waals surface area contributed by atoms with E-state index < -0.39 is 10.8 Å². The number of hydrogen-bond acceptors (Lipinski definition) is 7. The Kier molecular flexibility index (Phi) is 4.59. The van der Waals surface area contributed by atoms with Crippen LogP contribution in [0.15, 0.2) is 41.1 Å². The minimum absolute atomic E-state index is 0.173. The van der Waals surface area contributed by atoms with Crippen LogP contribution in [0.5, 0.6) is 11.5 Å². The minimum Gasteiger partial charge on any atom is -0.493 e. The van der Waals surface area contributed by atoms with E-state index in [0.717, 1.165) is 0 Å². The van der Waals surface area contributed by atoms with Crippen LogP contribution in [0.2, 0.25) is 0 Å². The van der Waals surface area contributed by atoms with Crippen LogP contribution in [0.25, 0.3) is 0 Å². The molecule has 1 aliphatic heterocycles. The van der Waals surface area contributed by atoms with Crippen LogP contribution in [0.1, 0.15) is 38.2 Å². The zero-order chi connectivity index (χ0) is 19.9. The second-order valence-electron chi connectivity index (χ2n) is 7.43. The number of nitrogens with two attached hydrogens (primary N) is 1. The molecular weight excluding hydrogens is 352 g/mol. The van der Waals surface area contributed by atoms with E-state index in [-0.39, 0.29) is 29.2 Å². The maximum atomic E-state index is 12.9. The first kappa shape index (κ1) is 18.8. The van der Waals surface area contributed by atoms with Crippen molar-refractivity contribution in [3.63, 3.8) is 0 Å². The molecule has 8 nitrogen and oxygen atoms in total. The second-order valence-corrected chi connectivity index (χ2v) is 7.43. The number of nitro groups is 1. The van der Waals surface area contributed by atoms with Gasteiger partial charge in [-0.15, -0.1) is 0 Å². The van der Waals surface area contributed by atoms with Gasteiger partial charge in [-0.25, -0.2) is 0 Å². The molecule has 2 N–H and O–H groups in total. The summed E-state index contributed by atoms with van der Waals surface area (Å²) in [5, 5.41) is 11.7. The monoisotopic (exact) mass is 374 g/mol. The number of rotatable bonds is 4. The number of carbonyl (C=O) groups is 1. The lowest BCUT2D eigenvalue weighted by Crippen LogP contribution is -2.35. The van der Waals surface area contributed by atoms with Gasteiger partial charge in [-0.05, 0) is 23.1 Å². The van der Waals surface area contributed by atoms with Gasteiger partial charge in [-0.3, -0.25) is 14.9 Å². The van der Waals surface area contributed by atoms with Gasteiger partial charge in [0, 0.05) is 12.8 Å². The van der Waals surface area contributed by atoms with Crippen LogP contribution in [-0.4, -0.2) is 24.9 Å². The van der Waals surface area contributed by atoms with E-state index in [1.165, 1.54) is 14.2 Å². The predicted octanol–water partition coefficient (Wildman–Crippen LogP) is 2.87. The summed E-state index contributed by atoms with van der Waals surface area (Å²) >= 11 is 0. The Morgan fingerprint density at radius 2 is 1.89 bits per heavy atom. The molecule has 1 aliphatic carbocycles. The number of ether oxygens (including phenoxy) is 3. The Morgan fingerprint density at radius 1 is 1.22 bits per heavy atom. The molecule has 0 spiro atoms. The molecule has 3 rings (SSSR count). The summed E-state index contributed by atoms with van der Waals surface area (Å²) in [4.78, 5) is 24.0. The third-order valence-corrected chi connectivity index (χ3v) is 4.86. The number of methoxy groups -OCH3 is 2. The van der Waals surface area contributed by atoms with Crippen molar-refractivity contribution in [1.29, 1.82) is 0 Å². The number of benzene rings is 1. The van der Waals surface area contributed by atoms with E-state index in [1.807, 2.05) is 13.8 Å². The van der Waals surface area contributed by atoms with Crippen LogP contribution in [0.4, 0.5) is 0 Å². The van der Waals surface area contributed by atoms with Gasteiger partial charge in [0.2, 0.25) is 0 Å². The van der Waals surface area contributed by atoms with Gasteiger partial charge in [-0.1, -0.05) is 19.9 Å². The normalized spacial score (nSPS) is 21.5. The van der Waals surface area contributed by atoms with Crippen LogP contribution < -0.4 is 15.2 Å². The van der Waals surface area contributed by atoms with Gasteiger partial charge in [0.25, 0.3) is 5.88 Å². The van der Waals surface area contributed by atoms with Crippen molar-refractivity contribution in [3.05, 3.63) is 56.8 Å². The van der Waals surface area contributed by atoms with E-state index >= 15 is 0 Å². The van der Waals surface area contributed by atoms with Crippen molar-refractivity contribution in [2.75, 3.05) is 14.2 Å². The van der Waals surface area contributed by atoms with Crippen LogP contribution in [-0.2, 0) is 9.53 Å². The lowest BCUT2D eigenvalue weighted by atomic mass is 9.71. The minimum atomic E-state index is -0.924. The molecule has 0 aromatic heterocycles. The third-order valence-electron chi connectivity index (χ3n) is 4.86. The molecule has 0 bridgehead atoms. The highest BCUT2D eigenvalue weighted by Gasteiger charge is 2.47. The highest BCUT2D eigenvalue weighted by atomic mass is 16.6. The summed E-state index contributed by atoms with van der Waals surface area (Å²) in [7, 11) is 2.98. The van der Waals surface area contributed by atoms with Gasteiger partial charge in [0.15, 0.2) is 17.3 Å². The summed E-state index contributed by atoms with van der Waals surface area (Å²) in [6.45, 7) is 3.90. The fourth-order valence-corrected chi connectivity index (χ4v) is 3.71. The van der Waals surface area contributed by atoms with Crippen LogP contribution in [0, 0.1) is 15.5 Å². The van der Waals surface area contributed by atoms with E-state index in [9.17, 15) is 14.9 Å². The average molecular weight is 374 g/mol. The quantitative estimate of drug-likeness (QED) is 0.636. The first-order chi connectivity index (χ1) is 12.7. The number of Topliss-reactive ketones (excluding diaryl/α,β-unsaturated/α-hetero) is 1. The third kappa shape index (κ3) is 3.22. The molecule has 1 unspecified atom stereocenters. The predicted molar refractivity (Wildman–Crippen MR) is 96.6 cm³/mol. The van der Waals surface area contributed by atoms with E-state index in [0.29, 0.717) is 34.8 Å². The van der Waals surface area contributed by atoms with Crippen LogP contribution in [0.3, 0.4) is 0 Å². The van der Waals surface area contributed by atoms with Crippen molar-refractivity contribution in [1.82, 2.24) is 0 Å². The molecule has 1 aromatic carbocycles. The lowest BCUT2D eigenvalue weighted by molar-refractivity contribution is -0.433. The highest BCUT2D eigenvalue weighted by molar-refractivity contribution is 5.99. The number of carbonyl (C=O) groups excluding carboxylic acids is 1. The van der Waals surface area contributed by atoms with Crippen molar-refractivity contribution in [3.8, 4) is 11.5 Å². The molecule has 0 fully saturated rings. The van der Waals surface area contributed by atoms with Gasteiger partial charge < -0.3 is 19.9 Å². The van der Waals surface area contributed by atoms with Gasteiger partial charge in [0.1, 0.15) is 11.7 Å². The van der Waals surface area contributed by atoms with Gasteiger partial charge >= 0.3 is 5.70 Å². The highest BCUT2D eigenvalue weighted by Crippen LogP contribution is 2.48. The molecule has 144 valence electrons. The number of nitrogens with zero attached hydrogens (tertiary/aromatic N) is 1. The molecule has 0 saturated carbocycles. The first-order valence-corrected chi connectivity index (χ1v) is 8.48. The molecule has 27 heavy (non-hydrogen) atoms. The Bertz CT molecular complexity index is 884. The Hall–Kier alpha value is -3.03. The van der Waals surface area contributed by atoms with Crippen molar-refractivity contribution < 1.29 is 23.9 Å². The summed E-state index contributed by atoms with van der Waals surface area (Å²) in [5.41, 5.74) is 6.06. The molecule has 1 aromatic rings. The second kappa shape index (κ2) is 6.61. The molecule has 1 atom stereocenters. The fraction of sp³-hybridized carbons (Fsp3) is 0.421. The summed E-state index contributed by atoms with van der Waals surface area (Å²) < 4.78 is 16.1. The van der Waals surface area contributed by atoms with Gasteiger partial charge in [0.05, 0.1) is 24.7 Å². The standard InChI is InChI=1S/C19H22N2O6/c1-19(2)8-11(22)16-14(9-19)27-18(20)17(21(23)24)15(16)10-5-6-12(25-3)13(7-10)26-4/h5-7,15H,8-9,20H2,1-4H3. The largest absolute Gasteiger partial charge is 0.493 e. The lowest BCUT2D eigenvalue weighted by Gasteiger charge is -2.36. The smallest absolute Gasteiger partial charge is 0.317 e. The van der Waals surface area contributed by atoms with Gasteiger partial charge in [-0.2, -0.15) is 0 Å². The van der Waals surface area contributed by atoms with Crippen molar-refractivity contribution in [2.45, 2.75) is 32.6 Å². The van der Waals surface area contributed by atoms with E-state index in [2.05, 4.69) is 0 Å². The maximum absolute atomic E-state index is 12.9. The number of hydrogen-bond donors (Lipinski definition) is 1. The van der Waals surface area contributed by atoms with Crippen molar-refractivity contribution >= 4 is 5.78 Å². The Labute approximate surface area is 156 Å². The zero-order valence-corrected chi connectivity index (χ0v) is 15.7. The molecule has 0 amide bonds. The SMILES string of the molecule is COc1ccc(C2C3=C(CC(C)(C)CC3=O)OC(N)=C2[N+](=O)[O-])cc1OC. The Morgan fingerprint density at radius 3 is 2.48 bits per heavy atom. The van der Waals surface area contributed by atoms with E-state index in [4.69, 9.17) is 19.9 Å². The Balaban J connectivity index is 2.21. The molecule has 2 aliphatic rings. The number of ketones is 1.